The fourth-order valence-electron chi connectivity index (χ4n) is 2.35. The topological polar surface area (TPSA) is 118 Å². The number of primary amides is 1. The SMILES string of the molecule is CC(C)C[C@H](O)C(=O)N[C@@H](Cc1cnc2ccccc2n1)C(N)=O. The van der Waals surface area contributed by atoms with Crippen LogP contribution in [0.4, 0.5) is 0 Å². The van der Waals surface area contributed by atoms with Gasteiger partial charge in [0.15, 0.2) is 0 Å². The summed E-state index contributed by atoms with van der Waals surface area (Å²) in [6, 6.07) is 6.41. The molecule has 2 amide bonds. The van der Waals surface area contributed by atoms with Crippen LogP contribution in [0.5, 0.6) is 0 Å². The van der Waals surface area contributed by atoms with Crippen LogP contribution in [0, 0.1) is 5.92 Å². The van der Waals surface area contributed by atoms with Crippen molar-refractivity contribution in [3.05, 3.63) is 36.2 Å². The van der Waals surface area contributed by atoms with Gasteiger partial charge in [-0.25, -0.2) is 4.98 Å². The van der Waals surface area contributed by atoms with Crippen LogP contribution < -0.4 is 11.1 Å². The Morgan fingerprint density at radius 1 is 1.25 bits per heavy atom. The van der Waals surface area contributed by atoms with Crippen LogP contribution in [-0.4, -0.2) is 39.0 Å². The predicted molar refractivity (Wildman–Crippen MR) is 89.8 cm³/mol. The molecular formula is C17H22N4O3. The van der Waals surface area contributed by atoms with E-state index in [9.17, 15) is 14.7 Å². The monoisotopic (exact) mass is 330 g/mol. The van der Waals surface area contributed by atoms with Crippen molar-refractivity contribution in [3.8, 4) is 0 Å². The van der Waals surface area contributed by atoms with Crippen LogP contribution in [0.1, 0.15) is 26.0 Å². The first kappa shape index (κ1) is 17.8. The molecule has 2 rings (SSSR count). The maximum absolute atomic E-state index is 12.0. The number of hydrogen-bond donors (Lipinski definition) is 3. The van der Waals surface area contributed by atoms with Crippen LogP contribution in [0.15, 0.2) is 30.5 Å². The van der Waals surface area contributed by atoms with Crippen molar-refractivity contribution in [2.24, 2.45) is 11.7 Å². The number of carbonyl (C=O) groups excluding carboxylic acids is 2. The number of hydrogen-bond acceptors (Lipinski definition) is 5. The molecule has 0 spiro atoms. The molecule has 1 heterocycles. The molecule has 0 aliphatic heterocycles. The van der Waals surface area contributed by atoms with Crippen molar-refractivity contribution in [1.82, 2.24) is 15.3 Å². The first-order valence-electron chi connectivity index (χ1n) is 7.85. The lowest BCUT2D eigenvalue weighted by Crippen LogP contribution is -2.49. The highest BCUT2D eigenvalue weighted by atomic mass is 16.3. The average molecular weight is 330 g/mol. The molecule has 1 aromatic heterocycles. The lowest BCUT2D eigenvalue weighted by Gasteiger charge is -2.18. The second-order valence-electron chi connectivity index (χ2n) is 6.16. The Kier molecular flexibility index (Phi) is 5.81. The van der Waals surface area contributed by atoms with Gasteiger partial charge in [-0.3, -0.25) is 14.6 Å². The maximum Gasteiger partial charge on any atom is 0.249 e. The van der Waals surface area contributed by atoms with Gasteiger partial charge in [-0.1, -0.05) is 26.0 Å². The third-order valence-corrected chi connectivity index (χ3v) is 3.57. The number of carbonyl (C=O) groups is 2. The molecule has 1 aromatic carbocycles. The predicted octanol–water partition coefficient (Wildman–Crippen LogP) is 0.549. The van der Waals surface area contributed by atoms with E-state index in [2.05, 4.69) is 15.3 Å². The molecule has 24 heavy (non-hydrogen) atoms. The Balaban J connectivity index is 2.09. The summed E-state index contributed by atoms with van der Waals surface area (Å²) in [4.78, 5) is 32.3. The molecule has 7 nitrogen and oxygen atoms in total. The highest BCUT2D eigenvalue weighted by Crippen LogP contribution is 2.10. The van der Waals surface area contributed by atoms with Crippen LogP contribution in [-0.2, 0) is 16.0 Å². The Labute approximate surface area is 140 Å². The number of nitrogens with zero attached hydrogens (tertiary/aromatic N) is 2. The van der Waals surface area contributed by atoms with E-state index in [1.54, 1.807) is 6.20 Å². The summed E-state index contributed by atoms with van der Waals surface area (Å²) in [5, 5.41) is 12.3. The molecule has 0 saturated carbocycles. The van der Waals surface area contributed by atoms with Crippen molar-refractivity contribution >= 4 is 22.8 Å². The number of para-hydroxylation sites is 2. The van der Waals surface area contributed by atoms with Crippen LogP contribution in [0.25, 0.3) is 11.0 Å². The van der Waals surface area contributed by atoms with Gasteiger partial charge in [0.1, 0.15) is 12.1 Å². The molecule has 0 aliphatic rings. The molecular weight excluding hydrogens is 308 g/mol. The van der Waals surface area contributed by atoms with Gasteiger partial charge >= 0.3 is 0 Å². The minimum atomic E-state index is -1.17. The Bertz CT molecular complexity index is 733. The highest BCUT2D eigenvalue weighted by Gasteiger charge is 2.24. The lowest BCUT2D eigenvalue weighted by molar-refractivity contribution is -0.133. The van der Waals surface area contributed by atoms with E-state index >= 15 is 0 Å². The van der Waals surface area contributed by atoms with Gasteiger partial charge in [-0.15, -0.1) is 0 Å². The van der Waals surface area contributed by atoms with E-state index in [1.165, 1.54) is 0 Å². The smallest absolute Gasteiger partial charge is 0.249 e. The average Bonchev–Trinajstić information content (AvgIpc) is 2.53. The number of aromatic nitrogens is 2. The number of amides is 2. The van der Waals surface area contributed by atoms with E-state index < -0.39 is 24.0 Å². The molecule has 0 bridgehead atoms. The van der Waals surface area contributed by atoms with E-state index in [0.29, 0.717) is 17.6 Å². The second-order valence-corrected chi connectivity index (χ2v) is 6.16. The molecule has 0 aliphatic carbocycles. The normalized spacial score (nSPS) is 13.7. The summed E-state index contributed by atoms with van der Waals surface area (Å²) in [5.41, 5.74) is 7.34. The zero-order valence-corrected chi connectivity index (χ0v) is 13.8. The van der Waals surface area contributed by atoms with Gasteiger partial charge in [-0.2, -0.15) is 0 Å². The van der Waals surface area contributed by atoms with Crippen LogP contribution in [0.3, 0.4) is 0 Å². The Morgan fingerprint density at radius 2 is 1.92 bits per heavy atom. The molecule has 2 atom stereocenters. The quantitative estimate of drug-likeness (QED) is 0.685. The molecule has 7 heteroatoms. The molecule has 128 valence electrons. The Hall–Kier alpha value is -2.54. The van der Waals surface area contributed by atoms with Crippen molar-refractivity contribution < 1.29 is 14.7 Å². The summed E-state index contributed by atoms with van der Waals surface area (Å²) in [7, 11) is 0. The van der Waals surface area contributed by atoms with Gasteiger partial charge in [0.05, 0.1) is 16.7 Å². The van der Waals surface area contributed by atoms with E-state index in [0.717, 1.165) is 5.52 Å². The minimum absolute atomic E-state index is 0.118. The molecule has 4 N–H and O–H groups in total. The fourth-order valence-corrected chi connectivity index (χ4v) is 2.35. The minimum Gasteiger partial charge on any atom is -0.383 e. The van der Waals surface area contributed by atoms with Crippen molar-refractivity contribution in [3.63, 3.8) is 0 Å². The molecule has 0 fully saturated rings. The highest BCUT2D eigenvalue weighted by molar-refractivity contribution is 5.88. The van der Waals surface area contributed by atoms with Gasteiger partial charge in [0.25, 0.3) is 0 Å². The number of fused-ring (bicyclic) bond motifs is 1. The second kappa shape index (κ2) is 7.83. The van der Waals surface area contributed by atoms with Crippen LogP contribution >= 0.6 is 0 Å². The molecule has 2 aromatic rings. The number of aliphatic hydroxyl groups is 1. The largest absolute Gasteiger partial charge is 0.383 e. The third-order valence-electron chi connectivity index (χ3n) is 3.57. The number of rotatable bonds is 7. The van der Waals surface area contributed by atoms with Crippen molar-refractivity contribution in [2.75, 3.05) is 0 Å². The van der Waals surface area contributed by atoms with E-state index in [1.807, 2.05) is 38.1 Å². The number of aliphatic hydroxyl groups excluding tert-OH is 1. The van der Waals surface area contributed by atoms with Crippen molar-refractivity contribution in [1.29, 1.82) is 0 Å². The molecule has 0 unspecified atom stereocenters. The van der Waals surface area contributed by atoms with Crippen molar-refractivity contribution in [2.45, 2.75) is 38.8 Å². The third kappa shape index (κ3) is 4.73. The van der Waals surface area contributed by atoms with Gasteiger partial charge in [-0.05, 0) is 24.5 Å². The van der Waals surface area contributed by atoms with E-state index in [-0.39, 0.29) is 12.3 Å². The maximum atomic E-state index is 12.0. The van der Waals surface area contributed by atoms with Gasteiger partial charge < -0.3 is 16.2 Å². The lowest BCUT2D eigenvalue weighted by atomic mass is 10.0. The summed E-state index contributed by atoms with van der Waals surface area (Å²) in [6.07, 6.45) is 0.810. The first-order valence-corrected chi connectivity index (χ1v) is 7.85. The zero-order valence-electron chi connectivity index (χ0n) is 13.8. The number of nitrogens with one attached hydrogen (secondary N) is 1. The van der Waals surface area contributed by atoms with Gasteiger partial charge in [0.2, 0.25) is 11.8 Å². The standard InChI is InChI=1S/C17H22N4O3/c1-10(2)7-15(22)17(24)21-14(16(18)23)8-11-9-19-12-5-3-4-6-13(12)20-11/h3-6,9-10,14-15,22H,7-8H2,1-2H3,(H2,18,23)(H,21,24)/t14-,15-/m0/s1. The van der Waals surface area contributed by atoms with E-state index in [4.69, 9.17) is 5.73 Å². The summed E-state index contributed by atoms with van der Waals surface area (Å²) in [6.45, 7) is 3.79. The summed E-state index contributed by atoms with van der Waals surface area (Å²) >= 11 is 0. The number of nitrogens with two attached hydrogens (primary N) is 1. The fraction of sp³-hybridized carbons (Fsp3) is 0.412. The molecule has 0 radical (unpaired) electrons. The summed E-state index contributed by atoms with van der Waals surface area (Å²) < 4.78 is 0. The first-order chi connectivity index (χ1) is 11.4. The Morgan fingerprint density at radius 3 is 2.54 bits per heavy atom. The zero-order chi connectivity index (χ0) is 17.7. The molecule has 0 saturated heterocycles. The van der Waals surface area contributed by atoms with Crippen LogP contribution in [0.2, 0.25) is 0 Å². The summed E-state index contributed by atoms with van der Waals surface area (Å²) in [5.74, 6) is -1.14. The number of benzene rings is 1. The van der Waals surface area contributed by atoms with Gasteiger partial charge in [0, 0.05) is 12.6 Å².